The highest BCUT2D eigenvalue weighted by atomic mass is 79.9. The highest BCUT2D eigenvalue weighted by Gasteiger charge is 2.24. The molecule has 1 atom stereocenters. The lowest BCUT2D eigenvalue weighted by atomic mass is 9.93. The Kier molecular flexibility index (Phi) is 5.04. The molecule has 0 aromatic rings. The van der Waals surface area contributed by atoms with Crippen LogP contribution in [-0.2, 0) is 4.79 Å². The molecule has 0 aliphatic heterocycles. The molecule has 2 N–H and O–H groups in total. The summed E-state index contributed by atoms with van der Waals surface area (Å²) in [6.07, 6.45) is 0. The standard InChI is InChI=1S/C9H14BrNO2/c1-7(2)9(3,13)6-11-8(12)4-5-10/h7,13H,6H2,1-3H3,(H,11,12). The van der Waals surface area contributed by atoms with Crippen LogP contribution in [-0.4, -0.2) is 23.2 Å². The molecule has 3 nitrogen and oxygen atoms in total. The zero-order valence-corrected chi connectivity index (χ0v) is 9.60. The summed E-state index contributed by atoms with van der Waals surface area (Å²) in [4.78, 5) is 13.2. The molecule has 0 radical (unpaired) electrons. The van der Waals surface area contributed by atoms with Gasteiger partial charge in [0.1, 0.15) is 0 Å². The van der Waals surface area contributed by atoms with Gasteiger partial charge in [0.05, 0.1) is 5.60 Å². The van der Waals surface area contributed by atoms with E-state index in [4.69, 9.17) is 0 Å². The Hall–Kier alpha value is -0.530. The van der Waals surface area contributed by atoms with Gasteiger partial charge in [-0.05, 0) is 17.7 Å². The van der Waals surface area contributed by atoms with E-state index >= 15 is 0 Å². The lowest BCUT2D eigenvalue weighted by molar-refractivity contribution is -0.117. The minimum absolute atomic E-state index is 0.0877. The maximum Gasteiger partial charge on any atom is 0.296 e. The van der Waals surface area contributed by atoms with Crippen molar-refractivity contribution in [2.45, 2.75) is 26.4 Å². The van der Waals surface area contributed by atoms with E-state index in [0.717, 1.165) is 0 Å². The average molecular weight is 248 g/mol. The first-order chi connectivity index (χ1) is 5.90. The summed E-state index contributed by atoms with van der Waals surface area (Å²) < 4.78 is 0. The molecule has 0 aromatic carbocycles. The van der Waals surface area contributed by atoms with E-state index in [1.165, 1.54) is 0 Å². The van der Waals surface area contributed by atoms with E-state index in [-0.39, 0.29) is 12.5 Å². The largest absolute Gasteiger partial charge is 0.388 e. The van der Waals surface area contributed by atoms with Crippen molar-refractivity contribution in [2.24, 2.45) is 5.92 Å². The fourth-order valence-corrected chi connectivity index (χ4v) is 0.731. The van der Waals surface area contributed by atoms with Crippen LogP contribution in [0.1, 0.15) is 20.8 Å². The highest BCUT2D eigenvalue weighted by molar-refractivity contribution is 9.12. The molecule has 0 aliphatic rings. The minimum atomic E-state index is -0.885. The third-order valence-corrected chi connectivity index (χ3v) is 2.21. The molecule has 0 bridgehead atoms. The average Bonchev–Trinajstić information content (AvgIpc) is 2.01. The van der Waals surface area contributed by atoms with E-state index in [1.54, 1.807) is 6.92 Å². The third kappa shape index (κ3) is 4.91. The molecule has 0 heterocycles. The minimum Gasteiger partial charge on any atom is -0.388 e. The topological polar surface area (TPSA) is 49.3 Å². The molecule has 0 saturated heterocycles. The van der Waals surface area contributed by atoms with Crippen LogP contribution in [0.25, 0.3) is 0 Å². The molecule has 74 valence electrons. The van der Waals surface area contributed by atoms with Crippen LogP contribution in [0.3, 0.4) is 0 Å². The Labute approximate surface area is 87.0 Å². The molecule has 0 spiro atoms. The van der Waals surface area contributed by atoms with Gasteiger partial charge in [-0.3, -0.25) is 4.79 Å². The van der Waals surface area contributed by atoms with Gasteiger partial charge >= 0.3 is 0 Å². The van der Waals surface area contributed by atoms with Gasteiger partial charge in [0.2, 0.25) is 0 Å². The monoisotopic (exact) mass is 247 g/mol. The molecule has 0 aliphatic carbocycles. The van der Waals surface area contributed by atoms with Gasteiger partial charge in [-0.25, -0.2) is 0 Å². The number of amides is 1. The summed E-state index contributed by atoms with van der Waals surface area (Å²) in [5.41, 5.74) is -0.885. The van der Waals surface area contributed by atoms with Crippen LogP contribution in [0.4, 0.5) is 0 Å². The van der Waals surface area contributed by atoms with E-state index in [1.807, 2.05) is 13.8 Å². The van der Waals surface area contributed by atoms with E-state index in [9.17, 15) is 9.90 Å². The van der Waals surface area contributed by atoms with Gasteiger partial charge in [0, 0.05) is 28.4 Å². The van der Waals surface area contributed by atoms with Crippen molar-refractivity contribution >= 4 is 21.8 Å². The molecule has 0 rings (SSSR count). The van der Waals surface area contributed by atoms with E-state index in [2.05, 4.69) is 32.0 Å². The van der Waals surface area contributed by atoms with Crippen molar-refractivity contribution < 1.29 is 9.90 Å². The summed E-state index contributed by atoms with van der Waals surface area (Å²) >= 11 is 2.81. The van der Waals surface area contributed by atoms with Gasteiger partial charge in [0.15, 0.2) is 0 Å². The molecule has 0 aromatic heterocycles. The third-order valence-electron chi connectivity index (χ3n) is 2.01. The molecule has 1 unspecified atom stereocenters. The first kappa shape index (κ1) is 12.5. The van der Waals surface area contributed by atoms with Crippen molar-refractivity contribution in [3.05, 3.63) is 0 Å². The molecule has 4 heteroatoms. The molecular weight excluding hydrogens is 234 g/mol. The molecule has 0 saturated carbocycles. The Morgan fingerprint density at radius 2 is 2.23 bits per heavy atom. The molecular formula is C9H14BrNO2. The number of aliphatic hydroxyl groups is 1. The Balaban J connectivity index is 4.00. The van der Waals surface area contributed by atoms with Crippen LogP contribution in [0.5, 0.6) is 0 Å². The maximum atomic E-state index is 10.9. The smallest absolute Gasteiger partial charge is 0.296 e. The highest BCUT2D eigenvalue weighted by Crippen LogP contribution is 2.14. The number of hydrogen-bond donors (Lipinski definition) is 2. The Morgan fingerprint density at radius 1 is 1.69 bits per heavy atom. The second kappa shape index (κ2) is 5.25. The van der Waals surface area contributed by atoms with Crippen LogP contribution >= 0.6 is 15.9 Å². The SMILES string of the molecule is CC(C)C(C)(O)CNC(=O)C#CBr. The van der Waals surface area contributed by atoms with Crippen LogP contribution in [0, 0.1) is 16.7 Å². The predicted octanol–water partition coefficient (Wildman–Crippen LogP) is 0.865. The quantitative estimate of drug-likeness (QED) is 0.728. The summed E-state index contributed by atoms with van der Waals surface area (Å²) in [7, 11) is 0. The van der Waals surface area contributed by atoms with Crippen LogP contribution in [0.2, 0.25) is 0 Å². The van der Waals surface area contributed by atoms with Gasteiger partial charge in [-0.1, -0.05) is 13.8 Å². The fourth-order valence-electron chi connectivity index (χ4n) is 0.550. The van der Waals surface area contributed by atoms with Crippen molar-refractivity contribution in [3.8, 4) is 10.8 Å². The Bertz CT molecular complexity index is 238. The lowest BCUT2D eigenvalue weighted by Gasteiger charge is -2.27. The van der Waals surface area contributed by atoms with Crippen molar-refractivity contribution in [2.75, 3.05) is 6.54 Å². The number of hydrogen-bond acceptors (Lipinski definition) is 2. The number of rotatable bonds is 3. The maximum absolute atomic E-state index is 10.9. The normalized spacial score (nSPS) is 14.3. The van der Waals surface area contributed by atoms with Gasteiger partial charge in [0.25, 0.3) is 5.91 Å². The zero-order valence-electron chi connectivity index (χ0n) is 8.02. The number of carbonyl (C=O) groups excluding carboxylic acids is 1. The van der Waals surface area contributed by atoms with Crippen molar-refractivity contribution in [1.82, 2.24) is 5.32 Å². The summed E-state index contributed by atoms with van der Waals surface area (Å²) in [5.74, 6) is 1.96. The first-order valence-corrected chi connectivity index (χ1v) is 4.81. The van der Waals surface area contributed by atoms with Crippen LogP contribution in [0.15, 0.2) is 0 Å². The first-order valence-electron chi connectivity index (χ1n) is 4.02. The van der Waals surface area contributed by atoms with Crippen LogP contribution < -0.4 is 5.32 Å². The predicted molar refractivity (Wildman–Crippen MR) is 55.2 cm³/mol. The van der Waals surface area contributed by atoms with E-state index in [0.29, 0.717) is 0 Å². The summed E-state index contributed by atoms with van der Waals surface area (Å²) in [5, 5.41) is 12.2. The van der Waals surface area contributed by atoms with Crippen molar-refractivity contribution in [1.29, 1.82) is 0 Å². The van der Waals surface area contributed by atoms with E-state index < -0.39 is 11.5 Å². The molecule has 1 amide bonds. The number of carbonyl (C=O) groups is 1. The molecule has 13 heavy (non-hydrogen) atoms. The fraction of sp³-hybridized carbons (Fsp3) is 0.667. The Morgan fingerprint density at radius 3 is 2.62 bits per heavy atom. The second-order valence-corrected chi connectivity index (χ2v) is 3.81. The summed E-state index contributed by atoms with van der Waals surface area (Å²) in [6.45, 7) is 5.68. The lowest BCUT2D eigenvalue weighted by Crippen LogP contribution is -2.43. The second-order valence-electron chi connectivity index (χ2n) is 3.41. The van der Waals surface area contributed by atoms with Gasteiger partial charge in [-0.15, -0.1) is 0 Å². The number of halogens is 1. The van der Waals surface area contributed by atoms with Gasteiger partial charge in [-0.2, -0.15) is 0 Å². The van der Waals surface area contributed by atoms with Crippen molar-refractivity contribution in [3.63, 3.8) is 0 Å². The van der Waals surface area contributed by atoms with Gasteiger partial charge < -0.3 is 10.4 Å². The summed E-state index contributed by atoms with van der Waals surface area (Å²) in [6, 6.07) is 0. The number of nitrogens with one attached hydrogen (secondary N) is 1. The molecule has 0 fully saturated rings. The zero-order chi connectivity index (χ0) is 10.5.